The summed E-state index contributed by atoms with van der Waals surface area (Å²) in [6.45, 7) is 5.29. The van der Waals surface area contributed by atoms with E-state index in [9.17, 15) is 9.59 Å². The first kappa shape index (κ1) is 20.9. The number of rotatable bonds is 6. The summed E-state index contributed by atoms with van der Waals surface area (Å²) < 4.78 is 5.68. The number of nitrogens with one attached hydrogen (secondary N) is 1. The third kappa shape index (κ3) is 5.05. The molecule has 0 radical (unpaired) electrons. The monoisotopic (exact) mass is 437 g/mol. The molecule has 0 unspecified atom stereocenters. The molecule has 2 aromatic heterocycles. The quantitative estimate of drug-likeness (QED) is 0.636. The van der Waals surface area contributed by atoms with Gasteiger partial charge in [-0.15, -0.1) is 0 Å². The van der Waals surface area contributed by atoms with Crippen LogP contribution in [0, 0.1) is 0 Å². The van der Waals surface area contributed by atoms with Gasteiger partial charge in [0.2, 0.25) is 0 Å². The summed E-state index contributed by atoms with van der Waals surface area (Å²) in [5.41, 5.74) is 2.37. The van der Waals surface area contributed by atoms with E-state index < -0.39 is 0 Å². The predicted molar refractivity (Wildman–Crippen MR) is 117 cm³/mol. The molecule has 3 heterocycles. The minimum absolute atomic E-state index is 0.00850. The highest BCUT2D eigenvalue weighted by molar-refractivity contribution is 7.15. The molecule has 0 aliphatic carbocycles. The number of hydrogen-bond donors (Lipinski definition) is 1. The number of nitrogens with zero attached hydrogens (tertiary/aromatic N) is 4. The number of benzene rings is 1. The lowest BCUT2D eigenvalue weighted by Gasteiger charge is -2.26. The molecule has 4 rings (SSSR count). The van der Waals surface area contributed by atoms with Gasteiger partial charge in [0.15, 0.2) is 11.7 Å². The van der Waals surface area contributed by atoms with Crippen molar-refractivity contribution in [3.8, 4) is 5.75 Å². The summed E-state index contributed by atoms with van der Waals surface area (Å²) in [5.74, 6) is 0.705. The number of anilines is 1. The minimum Gasteiger partial charge on any atom is -0.484 e. The van der Waals surface area contributed by atoms with Crippen molar-refractivity contribution < 1.29 is 14.3 Å². The fourth-order valence-corrected chi connectivity index (χ4v) is 4.24. The van der Waals surface area contributed by atoms with Crippen molar-refractivity contribution in [2.45, 2.75) is 32.7 Å². The van der Waals surface area contributed by atoms with E-state index in [-0.39, 0.29) is 24.1 Å². The summed E-state index contributed by atoms with van der Waals surface area (Å²) >= 11 is 1.37. The Morgan fingerprint density at radius 1 is 1.23 bits per heavy atom. The lowest BCUT2D eigenvalue weighted by Crippen LogP contribution is -2.38. The maximum Gasteiger partial charge on any atom is 0.277 e. The summed E-state index contributed by atoms with van der Waals surface area (Å²) in [6, 6.07) is 7.83. The molecule has 0 saturated carbocycles. The zero-order valence-corrected chi connectivity index (χ0v) is 18.2. The van der Waals surface area contributed by atoms with Crippen molar-refractivity contribution in [1.29, 1.82) is 0 Å². The van der Waals surface area contributed by atoms with Crippen LogP contribution in [0.1, 0.15) is 46.4 Å². The van der Waals surface area contributed by atoms with Crippen LogP contribution in [-0.4, -0.2) is 44.8 Å². The molecule has 0 fully saturated rings. The van der Waals surface area contributed by atoms with Crippen LogP contribution in [0.2, 0.25) is 0 Å². The maximum atomic E-state index is 12.6. The molecule has 1 N–H and O–H groups in total. The Bertz CT molecular complexity index is 1070. The number of fused-ring (bicyclic) bond motifs is 1. The van der Waals surface area contributed by atoms with Crippen LogP contribution in [0.25, 0.3) is 0 Å². The normalized spacial score (nSPS) is 13.1. The van der Waals surface area contributed by atoms with E-state index in [4.69, 9.17) is 4.74 Å². The summed E-state index contributed by atoms with van der Waals surface area (Å²) in [4.78, 5) is 40.0. The van der Waals surface area contributed by atoms with Gasteiger partial charge < -0.3 is 9.64 Å². The van der Waals surface area contributed by atoms with Crippen molar-refractivity contribution in [2.75, 3.05) is 18.5 Å². The molecule has 1 aromatic carbocycles. The Kier molecular flexibility index (Phi) is 6.22. The maximum absolute atomic E-state index is 12.6. The van der Waals surface area contributed by atoms with E-state index in [1.165, 1.54) is 35.5 Å². The lowest BCUT2D eigenvalue weighted by molar-refractivity contribution is -0.134. The predicted octanol–water partition coefficient (Wildman–Crippen LogP) is 3.27. The number of aromatic nitrogens is 3. The van der Waals surface area contributed by atoms with E-state index in [0.29, 0.717) is 36.3 Å². The van der Waals surface area contributed by atoms with Crippen LogP contribution in [0.15, 0.2) is 42.9 Å². The summed E-state index contributed by atoms with van der Waals surface area (Å²) in [7, 11) is 0. The molecule has 2 amide bonds. The van der Waals surface area contributed by atoms with Gasteiger partial charge in [0.1, 0.15) is 11.4 Å². The van der Waals surface area contributed by atoms with Gasteiger partial charge in [-0.05, 0) is 23.6 Å². The molecule has 9 heteroatoms. The first-order chi connectivity index (χ1) is 15.0. The second-order valence-corrected chi connectivity index (χ2v) is 8.59. The Hall–Kier alpha value is -3.33. The number of hydrogen-bond acceptors (Lipinski definition) is 7. The molecule has 1 aliphatic rings. The molecular formula is C22H23N5O3S. The van der Waals surface area contributed by atoms with Crippen LogP contribution in [0.5, 0.6) is 5.75 Å². The van der Waals surface area contributed by atoms with Crippen LogP contribution in [0.4, 0.5) is 5.13 Å². The van der Waals surface area contributed by atoms with Gasteiger partial charge in [-0.1, -0.05) is 37.3 Å². The van der Waals surface area contributed by atoms with Gasteiger partial charge in [0, 0.05) is 30.2 Å². The highest BCUT2D eigenvalue weighted by Crippen LogP contribution is 2.28. The SMILES string of the molecule is CC(C)c1ccc(OCC(=O)N2CCc3nc(NC(=O)c4cnccn4)sc3C2)cc1. The topological polar surface area (TPSA) is 97.3 Å². The zero-order valence-electron chi connectivity index (χ0n) is 17.4. The van der Waals surface area contributed by atoms with Gasteiger partial charge >= 0.3 is 0 Å². The number of carbonyl (C=O) groups excluding carboxylic acids is 2. The Labute approximate surface area is 184 Å². The molecule has 31 heavy (non-hydrogen) atoms. The number of amides is 2. The van der Waals surface area contributed by atoms with Crippen LogP contribution >= 0.6 is 11.3 Å². The van der Waals surface area contributed by atoms with E-state index in [2.05, 4.69) is 34.1 Å². The molecule has 0 saturated heterocycles. The lowest BCUT2D eigenvalue weighted by atomic mass is 10.0. The Morgan fingerprint density at radius 2 is 2.03 bits per heavy atom. The smallest absolute Gasteiger partial charge is 0.277 e. The minimum atomic E-state index is -0.357. The third-order valence-electron chi connectivity index (χ3n) is 5.01. The molecule has 0 spiro atoms. The van der Waals surface area contributed by atoms with Crippen molar-refractivity contribution in [3.05, 3.63) is 64.7 Å². The average Bonchev–Trinajstić information content (AvgIpc) is 3.19. The molecule has 0 bridgehead atoms. The van der Waals surface area contributed by atoms with Gasteiger partial charge in [-0.25, -0.2) is 9.97 Å². The van der Waals surface area contributed by atoms with E-state index in [1.54, 1.807) is 4.90 Å². The molecule has 0 atom stereocenters. The number of thiazole rings is 1. The van der Waals surface area contributed by atoms with Gasteiger partial charge in [-0.3, -0.25) is 19.9 Å². The molecule has 160 valence electrons. The first-order valence-electron chi connectivity index (χ1n) is 10.1. The van der Waals surface area contributed by atoms with E-state index >= 15 is 0 Å². The van der Waals surface area contributed by atoms with Crippen molar-refractivity contribution >= 4 is 28.3 Å². The fraction of sp³-hybridized carbons (Fsp3) is 0.318. The van der Waals surface area contributed by atoms with E-state index in [0.717, 1.165) is 10.6 Å². The standard InChI is InChI=1S/C22H23N5O3S/c1-14(2)15-3-5-16(6-4-15)30-13-20(28)27-10-7-17-19(12-27)31-22(25-17)26-21(29)18-11-23-8-9-24-18/h3-6,8-9,11,14H,7,10,12-13H2,1-2H3,(H,25,26,29). The highest BCUT2D eigenvalue weighted by Gasteiger charge is 2.25. The van der Waals surface area contributed by atoms with Crippen LogP contribution < -0.4 is 10.1 Å². The van der Waals surface area contributed by atoms with Crippen LogP contribution in [0.3, 0.4) is 0 Å². The zero-order chi connectivity index (χ0) is 21.8. The second kappa shape index (κ2) is 9.22. The molecule has 3 aromatic rings. The number of ether oxygens (including phenoxy) is 1. The first-order valence-corrected chi connectivity index (χ1v) is 10.9. The van der Waals surface area contributed by atoms with E-state index in [1.807, 2.05) is 24.3 Å². The van der Waals surface area contributed by atoms with Crippen LogP contribution in [-0.2, 0) is 17.8 Å². The fourth-order valence-electron chi connectivity index (χ4n) is 3.22. The molecule has 1 aliphatic heterocycles. The van der Waals surface area contributed by atoms with Gasteiger partial charge in [-0.2, -0.15) is 0 Å². The molecule has 8 nitrogen and oxygen atoms in total. The van der Waals surface area contributed by atoms with Gasteiger partial charge in [0.05, 0.1) is 18.4 Å². The summed E-state index contributed by atoms with van der Waals surface area (Å²) in [6.07, 6.45) is 5.02. The number of carbonyl (C=O) groups is 2. The van der Waals surface area contributed by atoms with Crippen molar-refractivity contribution in [2.24, 2.45) is 0 Å². The summed E-state index contributed by atoms with van der Waals surface area (Å²) in [5, 5.41) is 3.25. The highest BCUT2D eigenvalue weighted by atomic mass is 32.1. The van der Waals surface area contributed by atoms with Gasteiger partial charge in [0.25, 0.3) is 11.8 Å². The van der Waals surface area contributed by atoms with Crippen molar-refractivity contribution in [1.82, 2.24) is 19.9 Å². The third-order valence-corrected chi connectivity index (χ3v) is 6.01. The second-order valence-electron chi connectivity index (χ2n) is 7.51. The average molecular weight is 438 g/mol. The largest absolute Gasteiger partial charge is 0.484 e. The molecular weight excluding hydrogens is 414 g/mol. The van der Waals surface area contributed by atoms with Crippen molar-refractivity contribution in [3.63, 3.8) is 0 Å². The Balaban J connectivity index is 1.33. The Morgan fingerprint density at radius 3 is 2.74 bits per heavy atom.